The van der Waals surface area contributed by atoms with Gasteiger partial charge in [0.1, 0.15) is 17.4 Å². The Bertz CT molecular complexity index is 552. The molecule has 2 rings (SSSR count). The van der Waals surface area contributed by atoms with E-state index in [0.717, 1.165) is 37.9 Å². The number of benzene rings is 1. The fraction of sp³-hybridized carbons (Fsp3) is 0.375. The van der Waals surface area contributed by atoms with Crippen LogP contribution in [-0.2, 0) is 4.79 Å². The molecule has 20 heavy (non-hydrogen) atoms. The smallest absolute Gasteiger partial charge is 0.264 e. The lowest BCUT2D eigenvalue weighted by molar-refractivity contribution is -0.127. The lowest BCUT2D eigenvalue weighted by atomic mass is 10.1. The Morgan fingerprint density at radius 1 is 1.30 bits per heavy atom. The van der Waals surface area contributed by atoms with Crippen molar-refractivity contribution in [2.45, 2.75) is 19.3 Å². The quantitative estimate of drug-likeness (QED) is 0.626. The van der Waals surface area contributed by atoms with Crippen LogP contribution in [0.25, 0.3) is 6.08 Å². The van der Waals surface area contributed by atoms with Crippen molar-refractivity contribution < 1.29 is 9.53 Å². The van der Waals surface area contributed by atoms with Crippen molar-refractivity contribution in [2.24, 2.45) is 0 Å². The van der Waals surface area contributed by atoms with Gasteiger partial charge in [0, 0.05) is 18.7 Å². The molecular weight excluding hydrogens is 252 g/mol. The molecule has 0 saturated carbocycles. The molecule has 104 valence electrons. The number of methoxy groups -OCH3 is 1. The van der Waals surface area contributed by atoms with E-state index < -0.39 is 0 Å². The summed E-state index contributed by atoms with van der Waals surface area (Å²) in [5, 5.41) is 9.25. The number of hydrogen-bond acceptors (Lipinski definition) is 3. The van der Waals surface area contributed by atoms with Crippen molar-refractivity contribution in [1.82, 2.24) is 4.90 Å². The minimum absolute atomic E-state index is 0.163. The number of likely N-dealkylation sites (tertiary alicyclic amines) is 1. The second kappa shape index (κ2) is 6.76. The Morgan fingerprint density at radius 3 is 2.65 bits per heavy atom. The molecule has 1 fully saturated rings. The largest absolute Gasteiger partial charge is 0.496 e. The highest BCUT2D eigenvalue weighted by atomic mass is 16.5. The van der Waals surface area contributed by atoms with Crippen LogP contribution in [0.3, 0.4) is 0 Å². The third-order valence-electron chi connectivity index (χ3n) is 3.43. The van der Waals surface area contributed by atoms with Crippen LogP contribution in [0.15, 0.2) is 29.8 Å². The van der Waals surface area contributed by atoms with Crippen LogP contribution in [0.1, 0.15) is 24.8 Å². The van der Waals surface area contributed by atoms with Gasteiger partial charge < -0.3 is 9.64 Å². The molecule has 4 nitrogen and oxygen atoms in total. The summed E-state index contributed by atoms with van der Waals surface area (Å²) in [5.41, 5.74) is 0.910. The molecule has 0 spiro atoms. The molecule has 0 N–H and O–H groups in total. The number of hydrogen-bond donors (Lipinski definition) is 0. The van der Waals surface area contributed by atoms with Crippen molar-refractivity contribution in [1.29, 1.82) is 5.26 Å². The summed E-state index contributed by atoms with van der Waals surface area (Å²) < 4.78 is 5.24. The Kier molecular flexibility index (Phi) is 4.78. The van der Waals surface area contributed by atoms with E-state index >= 15 is 0 Å². The van der Waals surface area contributed by atoms with Crippen LogP contribution in [0.2, 0.25) is 0 Å². The lowest BCUT2D eigenvalue weighted by Crippen LogP contribution is -2.36. The fourth-order valence-corrected chi connectivity index (χ4v) is 2.35. The van der Waals surface area contributed by atoms with Crippen LogP contribution >= 0.6 is 0 Å². The molecule has 1 aromatic rings. The van der Waals surface area contributed by atoms with E-state index in [0.29, 0.717) is 5.75 Å². The van der Waals surface area contributed by atoms with E-state index in [1.54, 1.807) is 18.1 Å². The van der Waals surface area contributed by atoms with E-state index in [9.17, 15) is 10.1 Å². The van der Waals surface area contributed by atoms with Gasteiger partial charge in [-0.1, -0.05) is 18.2 Å². The fourth-order valence-electron chi connectivity index (χ4n) is 2.35. The van der Waals surface area contributed by atoms with Crippen LogP contribution < -0.4 is 4.74 Å². The molecule has 4 heteroatoms. The van der Waals surface area contributed by atoms with Crippen molar-refractivity contribution >= 4 is 12.0 Å². The summed E-state index contributed by atoms with van der Waals surface area (Å²) in [6.45, 7) is 1.48. The molecule has 0 radical (unpaired) electrons. The van der Waals surface area contributed by atoms with E-state index in [-0.39, 0.29) is 11.5 Å². The number of carbonyl (C=O) groups excluding carboxylic acids is 1. The maximum Gasteiger partial charge on any atom is 0.264 e. The average molecular weight is 270 g/mol. The second-order valence-corrected chi connectivity index (χ2v) is 4.76. The molecule has 1 amide bonds. The van der Waals surface area contributed by atoms with Gasteiger partial charge in [0.2, 0.25) is 0 Å². The Hall–Kier alpha value is -2.28. The summed E-state index contributed by atoms with van der Waals surface area (Å²) in [5.74, 6) is 0.477. The highest BCUT2D eigenvalue weighted by Crippen LogP contribution is 2.21. The van der Waals surface area contributed by atoms with Gasteiger partial charge >= 0.3 is 0 Å². The molecule has 0 unspecified atom stereocenters. The predicted octanol–water partition coefficient (Wildman–Crippen LogP) is 2.61. The number of carbonyl (C=O) groups is 1. The summed E-state index contributed by atoms with van der Waals surface area (Å²) >= 11 is 0. The standard InChI is InChI=1S/C16H18N2O2/c1-20-15-8-4-3-7-13(15)11-14(12-17)16(19)18-9-5-2-6-10-18/h3-4,7-8,11H,2,5-6,9-10H2,1H3/b14-11+. The van der Waals surface area contributed by atoms with Crippen LogP contribution in [0.5, 0.6) is 5.75 Å². The summed E-state index contributed by atoms with van der Waals surface area (Å²) in [7, 11) is 1.57. The number of rotatable bonds is 3. The first-order chi connectivity index (χ1) is 9.76. The normalized spacial score (nSPS) is 15.6. The maximum atomic E-state index is 12.3. The maximum absolute atomic E-state index is 12.3. The summed E-state index contributed by atoms with van der Waals surface area (Å²) in [6, 6.07) is 9.37. The molecule has 1 heterocycles. The van der Waals surface area contributed by atoms with Gasteiger partial charge in [0.25, 0.3) is 5.91 Å². The number of nitriles is 1. The molecule has 1 aliphatic rings. The third kappa shape index (κ3) is 3.18. The van der Waals surface area contributed by atoms with E-state index in [1.807, 2.05) is 30.3 Å². The Labute approximate surface area is 119 Å². The average Bonchev–Trinajstić information content (AvgIpc) is 2.53. The van der Waals surface area contributed by atoms with Crippen molar-refractivity contribution in [2.75, 3.05) is 20.2 Å². The molecule has 1 aliphatic heterocycles. The van der Waals surface area contributed by atoms with Crippen molar-refractivity contribution in [3.8, 4) is 11.8 Å². The van der Waals surface area contributed by atoms with Crippen LogP contribution in [0.4, 0.5) is 0 Å². The van der Waals surface area contributed by atoms with Gasteiger partial charge in [-0.25, -0.2) is 0 Å². The van der Waals surface area contributed by atoms with Crippen LogP contribution in [0, 0.1) is 11.3 Å². The van der Waals surface area contributed by atoms with Gasteiger partial charge in [-0.2, -0.15) is 5.26 Å². The predicted molar refractivity (Wildman–Crippen MR) is 77.0 cm³/mol. The van der Waals surface area contributed by atoms with Gasteiger partial charge in [-0.3, -0.25) is 4.79 Å². The Balaban J connectivity index is 2.25. The van der Waals surface area contributed by atoms with E-state index in [1.165, 1.54) is 0 Å². The number of para-hydroxylation sites is 1. The zero-order valence-electron chi connectivity index (χ0n) is 11.6. The van der Waals surface area contributed by atoms with Gasteiger partial charge in [0.05, 0.1) is 7.11 Å². The number of nitrogens with zero attached hydrogens (tertiary/aromatic N) is 2. The SMILES string of the molecule is COc1ccccc1/C=C(\C#N)C(=O)N1CCCCC1. The molecule has 1 aromatic carbocycles. The molecular formula is C16H18N2O2. The third-order valence-corrected chi connectivity index (χ3v) is 3.43. The molecule has 0 bridgehead atoms. The zero-order chi connectivity index (χ0) is 14.4. The molecule has 0 atom stereocenters. The first kappa shape index (κ1) is 14.1. The number of ether oxygens (including phenoxy) is 1. The first-order valence-electron chi connectivity index (χ1n) is 6.80. The zero-order valence-corrected chi connectivity index (χ0v) is 11.6. The monoisotopic (exact) mass is 270 g/mol. The van der Waals surface area contributed by atoms with E-state index in [4.69, 9.17) is 4.74 Å². The topological polar surface area (TPSA) is 53.3 Å². The minimum Gasteiger partial charge on any atom is -0.496 e. The second-order valence-electron chi connectivity index (χ2n) is 4.76. The Morgan fingerprint density at radius 2 is 2.00 bits per heavy atom. The van der Waals surface area contributed by atoms with Gasteiger partial charge in [0.15, 0.2) is 0 Å². The molecule has 0 aliphatic carbocycles. The van der Waals surface area contributed by atoms with E-state index in [2.05, 4.69) is 0 Å². The van der Waals surface area contributed by atoms with Crippen molar-refractivity contribution in [3.05, 3.63) is 35.4 Å². The molecule has 0 aromatic heterocycles. The number of amides is 1. The highest BCUT2D eigenvalue weighted by Gasteiger charge is 2.20. The highest BCUT2D eigenvalue weighted by molar-refractivity contribution is 6.02. The number of piperidine rings is 1. The van der Waals surface area contributed by atoms with Gasteiger partial charge in [-0.15, -0.1) is 0 Å². The minimum atomic E-state index is -0.182. The summed E-state index contributed by atoms with van der Waals surface area (Å²) in [6.07, 6.45) is 4.79. The summed E-state index contributed by atoms with van der Waals surface area (Å²) in [4.78, 5) is 14.1. The van der Waals surface area contributed by atoms with Gasteiger partial charge in [-0.05, 0) is 31.4 Å². The lowest BCUT2D eigenvalue weighted by Gasteiger charge is -2.26. The van der Waals surface area contributed by atoms with Crippen molar-refractivity contribution in [3.63, 3.8) is 0 Å². The van der Waals surface area contributed by atoms with Crippen LogP contribution in [-0.4, -0.2) is 31.0 Å². The first-order valence-corrected chi connectivity index (χ1v) is 6.80. The molecule has 1 saturated heterocycles.